The van der Waals surface area contributed by atoms with Crippen molar-refractivity contribution in [1.29, 1.82) is 0 Å². The van der Waals surface area contributed by atoms with Gasteiger partial charge >= 0.3 is 0 Å². The molecule has 24 heavy (non-hydrogen) atoms. The largest absolute Gasteiger partial charge is 0.343 e. The molecule has 2 saturated heterocycles. The van der Waals surface area contributed by atoms with Crippen LogP contribution in [0.15, 0.2) is 0 Å². The Morgan fingerprint density at radius 3 is 1.96 bits per heavy atom. The highest BCUT2D eigenvalue weighted by atomic mass is 16.2. The number of hydrogen-bond donors (Lipinski definition) is 1. The van der Waals surface area contributed by atoms with Crippen LogP contribution in [-0.4, -0.2) is 37.0 Å². The Kier molecular flexibility index (Phi) is 3.74. The van der Waals surface area contributed by atoms with Crippen LogP contribution in [0.3, 0.4) is 0 Å². The zero-order valence-corrected chi connectivity index (χ0v) is 15.2. The minimum Gasteiger partial charge on any atom is -0.343 e. The maximum Gasteiger partial charge on any atom is 0.223 e. The second-order valence-electron chi connectivity index (χ2n) is 10.2. The first kappa shape index (κ1) is 15.7. The Bertz CT molecular complexity index is 463. The maximum absolute atomic E-state index is 13.1. The van der Waals surface area contributed by atoms with Gasteiger partial charge in [-0.2, -0.15) is 0 Å². The van der Waals surface area contributed by atoms with Gasteiger partial charge in [0.15, 0.2) is 0 Å². The van der Waals surface area contributed by atoms with Crippen molar-refractivity contribution in [1.82, 2.24) is 10.2 Å². The number of carbonyl (C=O) groups is 1. The molecule has 0 unspecified atom stereocenters. The van der Waals surface area contributed by atoms with Crippen LogP contribution in [0, 0.1) is 28.6 Å². The van der Waals surface area contributed by atoms with Crippen LogP contribution in [-0.2, 0) is 4.79 Å². The van der Waals surface area contributed by atoms with Gasteiger partial charge in [-0.15, -0.1) is 0 Å². The molecule has 2 heterocycles. The van der Waals surface area contributed by atoms with Gasteiger partial charge in [-0.3, -0.25) is 4.79 Å². The number of piperidine rings is 2. The molecule has 1 N–H and O–H groups in total. The van der Waals surface area contributed by atoms with Crippen molar-refractivity contribution in [2.45, 2.75) is 70.6 Å². The molecule has 4 aliphatic carbocycles. The number of likely N-dealkylation sites (tertiary alicyclic amines) is 1. The fourth-order valence-electron chi connectivity index (χ4n) is 7.63. The van der Waals surface area contributed by atoms with Crippen molar-refractivity contribution in [2.75, 3.05) is 26.2 Å². The van der Waals surface area contributed by atoms with E-state index in [0.29, 0.717) is 16.7 Å². The van der Waals surface area contributed by atoms with Crippen LogP contribution in [0.1, 0.15) is 70.6 Å². The van der Waals surface area contributed by atoms with Gasteiger partial charge in [0, 0.05) is 19.5 Å². The Morgan fingerprint density at radius 2 is 1.42 bits per heavy atom. The van der Waals surface area contributed by atoms with E-state index in [4.69, 9.17) is 0 Å². The van der Waals surface area contributed by atoms with Gasteiger partial charge < -0.3 is 10.2 Å². The van der Waals surface area contributed by atoms with E-state index in [0.717, 1.165) is 37.3 Å². The predicted molar refractivity (Wildman–Crippen MR) is 95.6 cm³/mol. The quantitative estimate of drug-likeness (QED) is 0.839. The van der Waals surface area contributed by atoms with Gasteiger partial charge in [0.1, 0.15) is 0 Å². The van der Waals surface area contributed by atoms with E-state index in [-0.39, 0.29) is 0 Å². The molecule has 0 aromatic rings. The number of rotatable bonds is 2. The second kappa shape index (κ2) is 5.72. The average molecular weight is 331 g/mol. The predicted octanol–water partition coefficient (Wildman–Crippen LogP) is 3.59. The molecule has 6 fully saturated rings. The van der Waals surface area contributed by atoms with E-state index < -0.39 is 0 Å². The molecule has 1 spiro atoms. The molecule has 0 atom stereocenters. The van der Waals surface area contributed by atoms with Crippen molar-refractivity contribution < 1.29 is 4.79 Å². The Balaban J connectivity index is 1.21. The molecule has 3 heteroatoms. The third kappa shape index (κ3) is 2.71. The topological polar surface area (TPSA) is 32.3 Å². The first-order valence-corrected chi connectivity index (χ1v) is 10.6. The summed E-state index contributed by atoms with van der Waals surface area (Å²) in [5.41, 5.74) is 0.971. The Morgan fingerprint density at radius 1 is 0.875 bits per heavy atom. The lowest BCUT2D eigenvalue weighted by Gasteiger charge is -2.57. The number of nitrogens with one attached hydrogen (secondary N) is 1. The van der Waals surface area contributed by atoms with Crippen molar-refractivity contribution in [3.05, 3.63) is 0 Å². The highest BCUT2D eigenvalue weighted by Gasteiger charge is 2.52. The second-order valence-corrected chi connectivity index (χ2v) is 10.2. The molecule has 134 valence electrons. The standard InChI is InChI=1S/C21H34N2O/c24-19(23-7-3-20(4-8-23)1-5-22-6-2-20)15-21-12-16-9-17(13-21)11-18(10-16)14-21/h16-18,22H,1-15H2. The number of amides is 1. The lowest BCUT2D eigenvalue weighted by Crippen LogP contribution is -2.51. The van der Waals surface area contributed by atoms with Gasteiger partial charge in [-0.05, 0) is 106 Å². The third-order valence-corrected chi connectivity index (χ3v) is 8.53. The highest BCUT2D eigenvalue weighted by Crippen LogP contribution is 2.61. The summed E-state index contributed by atoms with van der Waals surface area (Å²) in [7, 11) is 0. The van der Waals surface area contributed by atoms with Gasteiger partial charge in [0.25, 0.3) is 0 Å². The van der Waals surface area contributed by atoms with Crippen LogP contribution in [0.2, 0.25) is 0 Å². The third-order valence-electron chi connectivity index (χ3n) is 8.53. The average Bonchev–Trinajstić information content (AvgIpc) is 2.54. The van der Waals surface area contributed by atoms with Crippen LogP contribution >= 0.6 is 0 Å². The molecule has 3 nitrogen and oxygen atoms in total. The molecule has 0 radical (unpaired) electrons. The summed E-state index contributed by atoms with van der Waals surface area (Å²) in [5, 5.41) is 3.50. The molecular weight excluding hydrogens is 296 g/mol. The molecular formula is C21H34N2O. The lowest BCUT2D eigenvalue weighted by atomic mass is 9.49. The number of hydrogen-bond acceptors (Lipinski definition) is 2. The van der Waals surface area contributed by atoms with Crippen molar-refractivity contribution in [2.24, 2.45) is 28.6 Å². The minimum absolute atomic E-state index is 0.412. The van der Waals surface area contributed by atoms with E-state index >= 15 is 0 Å². The summed E-state index contributed by atoms with van der Waals surface area (Å²) in [6.45, 7) is 4.43. The summed E-state index contributed by atoms with van der Waals surface area (Å²) >= 11 is 0. The van der Waals surface area contributed by atoms with E-state index in [2.05, 4.69) is 10.2 Å². The molecule has 6 rings (SSSR count). The first-order valence-electron chi connectivity index (χ1n) is 10.6. The summed E-state index contributed by atoms with van der Waals surface area (Å²) in [6, 6.07) is 0. The van der Waals surface area contributed by atoms with Crippen molar-refractivity contribution in [3.63, 3.8) is 0 Å². The maximum atomic E-state index is 13.1. The molecule has 6 aliphatic rings. The van der Waals surface area contributed by atoms with Crippen molar-refractivity contribution in [3.8, 4) is 0 Å². The van der Waals surface area contributed by atoms with Crippen molar-refractivity contribution >= 4 is 5.91 Å². The van der Waals surface area contributed by atoms with Crippen LogP contribution in [0.4, 0.5) is 0 Å². The van der Waals surface area contributed by atoms with Crippen LogP contribution in [0.25, 0.3) is 0 Å². The fraction of sp³-hybridized carbons (Fsp3) is 0.952. The molecule has 0 aromatic heterocycles. The summed E-state index contributed by atoms with van der Waals surface area (Å²) < 4.78 is 0. The summed E-state index contributed by atoms with van der Waals surface area (Å²) in [6.07, 6.45) is 14.6. The van der Waals surface area contributed by atoms with Gasteiger partial charge in [0.2, 0.25) is 5.91 Å². The first-order chi connectivity index (χ1) is 11.6. The summed E-state index contributed by atoms with van der Waals surface area (Å²) in [4.78, 5) is 15.3. The molecule has 4 saturated carbocycles. The van der Waals surface area contributed by atoms with Crippen LogP contribution < -0.4 is 5.32 Å². The van der Waals surface area contributed by atoms with Gasteiger partial charge in [-0.1, -0.05) is 0 Å². The van der Waals surface area contributed by atoms with E-state index in [1.54, 1.807) is 0 Å². The normalized spacial score (nSPS) is 43.3. The zero-order chi connectivity index (χ0) is 16.2. The number of nitrogens with zero attached hydrogens (tertiary/aromatic N) is 1. The molecule has 0 aromatic carbocycles. The smallest absolute Gasteiger partial charge is 0.223 e. The number of carbonyl (C=O) groups excluding carboxylic acids is 1. The zero-order valence-electron chi connectivity index (χ0n) is 15.2. The highest BCUT2D eigenvalue weighted by molar-refractivity contribution is 5.77. The van der Waals surface area contributed by atoms with E-state index in [1.807, 2.05) is 0 Å². The van der Waals surface area contributed by atoms with Gasteiger partial charge in [0.05, 0.1) is 0 Å². The SMILES string of the molecule is O=C(CC12CC3CC(CC(C3)C1)C2)N1CCC2(CCNCC2)CC1. The Hall–Kier alpha value is -0.570. The molecule has 4 bridgehead atoms. The lowest BCUT2D eigenvalue weighted by molar-refractivity contribution is -0.142. The Labute approximate surface area is 146 Å². The minimum atomic E-state index is 0.412. The van der Waals surface area contributed by atoms with E-state index in [9.17, 15) is 4.79 Å². The monoisotopic (exact) mass is 330 g/mol. The molecule has 1 amide bonds. The van der Waals surface area contributed by atoms with Crippen LogP contribution in [0.5, 0.6) is 0 Å². The van der Waals surface area contributed by atoms with Gasteiger partial charge in [-0.25, -0.2) is 0 Å². The fourth-order valence-corrected chi connectivity index (χ4v) is 7.63. The molecule has 2 aliphatic heterocycles. The van der Waals surface area contributed by atoms with E-state index in [1.165, 1.54) is 77.3 Å². The summed E-state index contributed by atoms with van der Waals surface area (Å²) in [5.74, 6) is 3.39.